The lowest BCUT2D eigenvalue weighted by atomic mass is 9.93. The van der Waals surface area contributed by atoms with Crippen molar-refractivity contribution in [1.82, 2.24) is 14.5 Å². The summed E-state index contributed by atoms with van der Waals surface area (Å²) in [4.78, 5) is 34.9. The van der Waals surface area contributed by atoms with E-state index in [1.54, 1.807) is 27.7 Å². The first-order valence-corrected chi connectivity index (χ1v) is 14.1. The SMILES string of the molecule is CCOC1CC(c2nc3cc(Cl)ccc3c(=O)n2Cc2ccccc2)N(Cc2ccc(C)cc2)C(=O)C1OCC. The van der Waals surface area contributed by atoms with Crippen molar-refractivity contribution in [2.24, 2.45) is 0 Å². The smallest absolute Gasteiger partial charge is 0.261 e. The highest BCUT2D eigenvalue weighted by atomic mass is 35.5. The number of benzene rings is 3. The Balaban J connectivity index is 1.69. The van der Waals surface area contributed by atoms with Crippen molar-refractivity contribution in [3.8, 4) is 0 Å². The topological polar surface area (TPSA) is 73.7 Å². The van der Waals surface area contributed by atoms with E-state index in [2.05, 4.69) is 0 Å². The van der Waals surface area contributed by atoms with Crippen LogP contribution in [0, 0.1) is 6.92 Å². The van der Waals surface area contributed by atoms with E-state index in [9.17, 15) is 9.59 Å². The van der Waals surface area contributed by atoms with Crippen LogP contribution in [0.3, 0.4) is 0 Å². The maximum atomic E-state index is 14.1. The number of hydrogen-bond donors (Lipinski definition) is 0. The highest BCUT2D eigenvalue weighted by Gasteiger charge is 2.45. The molecule has 2 heterocycles. The minimum absolute atomic E-state index is 0.177. The second-order valence-electron chi connectivity index (χ2n) is 10.1. The summed E-state index contributed by atoms with van der Waals surface area (Å²) >= 11 is 6.32. The zero-order chi connectivity index (χ0) is 28.2. The van der Waals surface area contributed by atoms with Gasteiger partial charge in [-0.05, 0) is 50.1 Å². The quantitative estimate of drug-likeness (QED) is 0.263. The number of nitrogens with zero attached hydrogens (tertiary/aromatic N) is 3. The first kappa shape index (κ1) is 28.0. The average Bonchev–Trinajstić information content (AvgIpc) is 2.95. The number of carbonyl (C=O) groups is 1. The molecule has 8 heteroatoms. The van der Waals surface area contributed by atoms with Gasteiger partial charge in [0.1, 0.15) is 5.82 Å². The van der Waals surface area contributed by atoms with Gasteiger partial charge in [-0.3, -0.25) is 14.2 Å². The first-order valence-electron chi connectivity index (χ1n) is 13.7. The molecule has 0 aliphatic carbocycles. The van der Waals surface area contributed by atoms with Crippen molar-refractivity contribution in [3.63, 3.8) is 0 Å². The van der Waals surface area contributed by atoms with Gasteiger partial charge < -0.3 is 14.4 Å². The molecule has 0 bridgehead atoms. The summed E-state index contributed by atoms with van der Waals surface area (Å²) in [5, 5.41) is 0.968. The zero-order valence-corrected chi connectivity index (χ0v) is 23.8. The van der Waals surface area contributed by atoms with Crippen LogP contribution in [0.15, 0.2) is 77.6 Å². The Hall–Kier alpha value is -3.52. The zero-order valence-electron chi connectivity index (χ0n) is 23.0. The summed E-state index contributed by atoms with van der Waals surface area (Å²) in [7, 11) is 0. The third-order valence-corrected chi connectivity index (χ3v) is 7.56. The lowest BCUT2D eigenvalue weighted by molar-refractivity contribution is -0.171. The molecule has 3 unspecified atom stereocenters. The van der Waals surface area contributed by atoms with Gasteiger partial charge >= 0.3 is 0 Å². The first-order chi connectivity index (χ1) is 19.4. The molecule has 1 saturated heterocycles. The molecule has 0 radical (unpaired) electrons. The van der Waals surface area contributed by atoms with Crippen molar-refractivity contribution in [2.45, 2.75) is 58.5 Å². The molecule has 5 rings (SSSR count). The number of rotatable bonds is 9. The molecule has 1 amide bonds. The highest BCUT2D eigenvalue weighted by molar-refractivity contribution is 6.31. The number of hydrogen-bond acceptors (Lipinski definition) is 5. The molecular formula is C32H34ClN3O4. The fraction of sp³-hybridized carbons (Fsp3) is 0.344. The Morgan fingerprint density at radius 3 is 2.30 bits per heavy atom. The van der Waals surface area contributed by atoms with Gasteiger partial charge in [0.15, 0.2) is 6.10 Å². The van der Waals surface area contributed by atoms with E-state index in [1.807, 2.05) is 75.4 Å². The van der Waals surface area contributed by atoms with E-state index < -0.39 is 18.2 Å². The Bertz CT molecular complexity index is 1540. The predicted octanol–water partition coefficient (Wildman–Crippen LogP) is 5.69. The van der Waals surface area contributed by atoms with E-state index in [0.717, 1.165) is 16.7 Å². The fourth-order valence-corrected chi connectivity index (χ4v) is 5.55. The van der Waals surface area contributed by atoms with Crippen molar-refractivity contribution in [1.29, 1.82) is 0 Å². The van der Waals surface area contributed by atoms with Crippen molar-refractivity contribution in [3.05, 3.63) is 111 Å². The summed E-state index contributed by atoms with van der Waals surface area (Å²) in [6.07, 6.45) is -0.784. The van der Waals surface area contributed by atoms with Crippen LogP contribution < -0.4 is 5.56 Å². The largest absolute Gasteiger partial charge is 0.375 e. The van der Waals surface area contributed by atoms with Crippen molar-refractivity contribution >= 4 is 28.4 Å². The molecule has 3 aromatic carbocycles. The number of halogens is 1. The van der Waals surface area contributed by atoms with Crippen LogP contribution in [0.1, 0.15) is 48.8 Å². The van der Waals surface area contributed by atoms with Crippen LogP contribution in [0.25, 0.3) is 10.9 Å². The molecule has 1 fully saturated rings. The van der Waals surface area contributed by atoms with Gasteiger partial charge in [-0.15, -0.1) is 0 Å². The van der Waals surface area contributed by atoms with Crippen LogP contribution in [0.5, 0.6) is 0 Å². The number of ether oxygens (including phenoxy) is 2. The van der Waals surface area contributed by atoms with E-state index in [-0.39, 0.29) is 11.5 Å². The fourth-order valence-electron chi connectivity index (χ4n) is 5.38. The summed E-state index contributed by atoms with van der Waals surface area (Å²) in [6, 6.07) is 22.5. The van der Waals surface area contributed by atoms with E-state index >= 15 is 0 Å². The van der Waals surface area contributed by atoms with Crippen molar-refractivity contribution in [2.75, 3.05) is 13.2 Å². The minimum atomic E-state index is -0.740. The number of aryl methyl sites for hydroxylation is 1. The molecular weight excluding hydrogens is 526 g/mol. The van der Waals surface area contributed by atoms with Crippen LogP contribution >= 0.6 is 11.6 Å². The number of fused-ring (bicyclic) bond motifs is 1. The van der Waals surface area contributed by atoms with Gasteiger partial charge in [0, 0.05) is 31.2 Å². The number of aromatic nitrogens is 2. The van der Waals surface area contributed by atoms with E-state index in [4.69, 9.17) is 26.1 Å². The summed E-state index contributed by atoms with van der Waals surface area (Å²) in [5.41, 5.74) is 3.40. The van der Waals surface area contributed by atoms with E-state index in [0.29, 0.717) is 54.5 Å². The Morgan fingerprint density at radius 2 is 1.60 bits per heavy atom. The van der Waals surface area contributed by atoms with Gasteiger partial charge in [0.05, 0.1) is 29.6 Å². The molecule has 4 aromatic rings. The van der Waals surface area contributed by atoms with Gasteiger partial charge in [-0.1, -0.05) is 71.8 Å². The van der Waals surface area contributed by atoms with E-state index in [1.165, 1.54) is 0 Å². The number of piperidine rings is 1. The van der Waals surface area contributed by atoms with Gasteiger partial charge in [-0.25, -0.2) is 4.98 Å². The molecule has 7 nitrogen and oxygen atoms in total. The maximum absolute atomic E-state index is 14.1. The Kier molecular flexibility index (Phi) is 8.64. The van der Waals surface area contributed by atoms with Crippen LogP contribution in [-0.4, -0.2) is 45.8 Å². The molecule has 0 N–H and O–H groups in total. The Morgan fingerprint density at radius 1 is 0.900 bits per heavy atom. The molecule has 1 aliphatic rings. The summed E-state index contributed by atoms with van der Waals surface area (Å²) < 4.78 is 13.7. The van der Waals surface area contributed by atoms with Gasteiger partial charge in [0.25, 0.3) is 11.5 Å². The summed E-state index contributed by atoms with van der Waals surface area (Å²) in [6.45, 7) is 7.29. The number of amides is 1. The molecule has 208 valence electrons. The third kappa shape index (κ3) is 5.82. The molecule has 3 atom stereocenters. The maximum Gasteiger partial charge on any atom is 0.261 e. The third-order valence-electron chi connectivity index (χ3n) is 7.32. The second kappa shape index (κ2) is 12.3. The predicted molar refractivity (Wildman–Crippen MR) is 156 cm³/mol. The lowest BCUT2D eigenvalue weighted by Crippen LogP contribution is -2.55. The standard InChI is InChI=1S/C32H34ClN3O4/c1-4-39-28-18-27(35(32(38)29(28)40-5-2)19-23-13-11-21(3)12-14-23)30-34-26-17-24(33)15-16-25(26)31(37)36(30)20-22-9-7-6-8-10-22/h6-17,27-29H,4-5,18-20H2,1-3H3. The lowest BCUT2D eigenvalue weighted by Gasteiger charge is -2.43. The highest BCUT2D eigenvalue weighted by Crippen LogP contribution is 2.36. The molecule has 0 saturated carbocycles. The minimum Gasteiger partial charge on any atom is -0.375 e. The van der Waals surface area contributed by atoms with Crippen molar-refractivity contribution < 1.29 is 14.3 Å². The van der Waals surface area contributed by atoms with Crippen LogP contribution in [-0.2, 0) is 27.4 Å². The van der Waals surface area contributed by atoms with Gasteiger partial charge in [-0.2, -0.15) is 0 Å². The van der Waals surface area contributed by atoms with Crippen LogP contribution in [0.4, 0.5) is 0 Å². The monoisotopic (exact) mass is 559 g/mol. The normalized spacial score (nSPS) is 19.4. The molecule has 1 aliphatic heterocycles. The summed E-state index contributed by atoms with van der Waals surface area (Å²) in [5.74, 6) is 0.326. The Labute approximate surface area is 239 Å². The number of likely N-dealkylation sites (tertiary alicyclic amines) is 1. The van der Waals surface area contributed by atoms with Crippen LogP contribution in [0.2, 0.25) is 5.02 Å². The van der Waals surface area contributed by atoms with Gasteiger partial charge in [0.2, 0.25) is 0 Å². The number of carbonyl (C=O) groups excluding carboxylic acids is 1. The molecule has 1 aromatic heterocycles. The molecule has 40 heavy (non-hydrogen) atoms. The second-order valence-corrected chi connectivity index (χ2v) is 10.5. The average molecular weight is 560 g/mol. The molecule has 0 spiro atoms.